The van der Waals surface area contributed by atoms with Crippen molar-refractivity contribution in [2.45, 2.75) is 78.0 Å². The Balaban J connectivity index is 2.82. The van der Waals surface area contributed by atoms with Crippen LogP contribution >= 0.6 is 0 Å². The van der Waals surface area contributed by atoms with Crippen LogP contribution in [-0.2, 0) is 4.74 Å². The molecule has 1 rings (SSSR count). The molecule has 0 amide bonds. The molecule has 1 aliphatic heterocycles. The number of nitrogens with one attached hydrogen (secondary N) is 1. The topological polar surface area (TPSA) is 47.3 Å². The third kappa shape index (κ3) is 3.43. The van der Waals surface area contributed by atoms with E-state index in [0.29, 0.717) is 17.9 Å². The monoisotopic (exact) mass is 242 g/mol. The molecule has 3 unspecified atom stereocenters. The standard InChI is InChI=1S/C14H30N2O/c1-7-8-10(2)12(16-15)11-9-13(3,4)17-14(11,5)6/h10-12,16H,7-9,15H2,1-6H3. The number of rotatable bonds is 5. The molecule has 102 valence electrons. The molecule has 1 saturated heterocycles. The van der Waals surface area contributed by atoms with Gasteiger partial charge < -0.3 is 4.74 Å². The molecule has 0 bridgehead atoms. The van der Waals surface area contributed by atoms with E-state index < -0.39 is 0 Å². The van der Waals surface area contributed by atoms with Crippen LogP contribution in [0.15, 0.2) is 0 Å². The first kappa shape index (κ1) is 14.9. The molecule has 1 heterocycles. The normalized spacial score (nSPS) is 30.2. The first-order valence-corrected chi connectivity index (χ1v) is 6.90. The summed E-state index contributed by atoms with van der Waals surface area (Å²) in [6.07, 6.45) is 3.49. The minimum Gasteiger partial charge on any atom is -0.369 e. The number of hydrazine groups is 1. The van der Waals surface area contributed by atoms with Crippen molar-refractivity contribution in [2.24, 2.45) is 17.7 Å². The fraction of sp³-hybridized carbons (Fsp3) is 1.00. The average Bonchev–Trinajstić information content (AvgIpc) is 2.36. The molecule has 3 heteroatoms. The molecular formula is C14H30N2O. The van der Waals surface area contributed by atoms with Gasteiger partial charge in [-0.2, -0.15) is 0 Å². The quantitative estimate of drug-likeness (QED) is 0.575. The minimum absolute atomic E-state index is 0.0325. The highest BCUT2D eigenvalue weighted by molar-refractivity contribution is 5.00. The maximum Gasteiger partial charge on any atom is 0.0678 e. The summed E-state index contributed by atoms with van der Waals surface area (Å²) in [7, 11) is 0. The molecule has 0 aliphatic carbocycles. The Labute approximate surface area is 106 Å². The zero-order valence-corrected chi connectivity index (χ0v) is 12.3. The second kappa shape index (κ2) is 5.25. The first-order valence-electron chi connectivity index (χ1n) is 6.90. The van der Waals surface area contributed by atoms with E-state index in [2.05, 4.69) is 47.0 Å². The van der Waals surface area contributed by atoms with Gasteiger partial charge in [-0.3, -0.25) is 11.3 Å². The summed E-state index contributed by atoms with van der Waals surface area (Å²) in [5.74, 6) is 6.85. The molecule has 0 aromatic rings. The van der Waals surface area contributed by atoms with E-state index in [1.54, 1.807) is 0 Å². The summed E-state index contributed by atoms with van der Waals surface area (Å²) in [6, 6.07) is 0.340. The Bertz CT molecular complexity index is 251. The van der Waals surface area contributed by atoms with Crippen molar-refractivity contribution >= 4 is 0 Å². The highest BCUT2D eigenvalue weighted by atomic mass is 16.5. The van der Waals surface area contributed by atoms with Crippen molar-refractivity contribution in [1.29, 1.82) is 0 Å². The lowest BCUT2D eigenvalue weighted by Crippen LogP contribution is -2.50. The Morgan fingerprint density at radius 1 is 1.35 bits per heavy atom. The number of ether oxygens (including phenoxy) is 1. The second-order valence-corrected chi connectivity index (χ2v) is 6.73. The highest BCUT2D eigenvalue weighted by Crippen LogP contribution is 2.45. The van der Waals surface area contributed by atoms with E-state index >= 15 is 0 Å². The summed E-state index contributed by atoms with van der Waals surface area (Å²) in [6.45, 7) is 13.2. The predicted octanol–water partition coefficient (Wildman–Crippen LogP) is 2.85. The summed E-state index contributed by atoms with van der Waals surface area (Å²) < 4.78 is 6.16. The number of nitrogens with two attached hydrogens (primary N) is 1. The van der Waals surface area contributed by atoms with Crippen LogP contribution in [-0.4, -0.2) is 17.2 Å². The van der Waals surface area contributed by atoms with Gasteiger partial charge >= 0.3 is 0 Å². The van der Waals surface area contributed by atoms with Gasteiger partial charge in [0, 0.05) is 12.0 Å². The van der Waals surface area contributed by atoms with Crippen LogP contribution in [0.4, 0.5) is 0 Å². The Morgan fingerprint density at radius 2 is 1.94 bits per heavy atom. The van der Waals surface area contributed by atoms with Crippen molar-refractivity contribution in [3.8, 4) is 0 Å². The third-order valence-electron chi connectivity index (χ3n) is 4.13. The fourth-order valence-electron chi connectivity index (χ4n) is 3.48. The largest absolute Gasteiger partial charge is 0.369 e. The molecule has 0 aromatic carbocycles. The van der Waals surface area contributed by atoms with Crippen molar-refractivity contribution < 1.29 is 4.74 Å². The Hall–Kier alpha value is -0.120. The van der Waals surface area contributed by atoms with Crippen LogP contribution < -0.4 is 11.3 Å². The van der Waals surface area contributed by atoms with Gasteiger partial charge in [0.2, 0.25) is 0 Å². The van der Waals surface area contributed by atoms with Crippen molar-refractivity contribution in [2.75, 3.05) is 0 Å². The highest BCUT2D eigenvalue weighted by Gasteiger charge is 2.49. The molecule has 1 fully saturated rings. The van der Waals surface area contributed by atoms with Gasteiger partial charge in [0.25, 0.3) is 0 Å². The summed E-state index contributed by atoms with van der Waals surface area (Å²) in [4.78, 5) is 0. The van der Waals surface area contributed by atoms with Crippen LogP contribution in [0.5, 0.6) is 0 Å². The fourth-order valence-corrected chi connectivity index (χ4v) is 3.48. The van der Waals surface area contributed by atoms with Crippen LogP contribution in [0.2, 0.25) is 0 Å². The lowest BCUT2D eigenvalue weighted by molar-refractivity contribution is -0.0795. The van der Waals surface area contributed by atoms with E-state index in [4.69, 9.17) is 10.6 Å². The van der Waals surface area contributed by atoms with Crippen LogP contribution in [0.3, 0.4) is 0 Å². The summed E-state index contributed by atoms with van der Waals surface area (Å²) in [5.41, 5.74) is 2.91. The second-order valence-electron chi connectivity index (χ2n) is 6.73. The van der Waals surface area contributed by atoms with Gasteiger partial charge in [-0.25, -0.2) is 0 Å². The SMILES string of the molecule is CCCC(C)C(NN)C1CC(C)(C)OC1(C)C. The van der Waals surface area contributed by atoms with Gasteiger partial charge in [-0.05, 0) is 46.5 Å². The first-order chi connectivity index (χ1) is 7.73. The molecule has 3 nitrogen and oxygen atoms in total. The van der Waals surface area contributed by atoms with Crippen LogP contribution in [0.1, 0.15) is 60.8 Å². The van der Waals surface area contributed by atoms with Gasteiger partial charge in [0.15, 0.2) is 0 Å². The van der Waals surface area contributed by atoms with Crippen LogP contribution in [0, 0.1) is 11.8 Å². The molecular weight excluding hydrogens is 212 g/mol. The van der Waals surface area contributed by atoms with Gasteiger partial charge in [-0.1, -0.05) is 20.3 Å². The van der Waals surface area contributed by atoms with Gasteiger partial charge in [0.05, 0.1) is 11.2 Å². The van der Waals surface area contributed by atoms with E-state index in [-0.39, 0.29) is 11.2 Å². The summed E-state index contributed by atoms with van der Waals surface area (Å²) >= 11 is 0. The van der Waals surface area contributed by atoms with E-state index in [1.165, 1.54) is 12.8 Å². The molecule has 0 saturated carbocycles. The maximum absolute atomic E-state index is 6.16. The molecule has 0 spiro atoms. The predicted molar refractivity (Wildman–Crippen MR) is 72.5 cm³/mol. The smallest absolute Gasteiger partial charge is 0.0678 e. The van der Waals surface area contributed by atoms with Gasteiger partial charge in [-0.15, -0.1) is 0 Å². The lowest BCUT2D eigenvalue weighted by atomic mass is 9.76. The lowest BCUT2D eigenvalue weighted by Gasteiger charge is -2.35. The molecule has 3 N–H and O–H groups in total. The van der Waals surface area contributed by atoms with E-state index in [1.807, 2.05) is 0 Å². The zero-order valence-electron chi connectivity index (χ0n) is 12.3. The summed E-state index contributed by atoms with van der Waals surface area (Å²) in [5, 5.41) is 0. The molecule has 1 aliphatic rings. The van der Waals surface area contributed by atoms with Crippen molar-refractivity contribution in [1.82, 2.24) is 5.43 Å². The minimum atomic E-state index is -0.0947. The average molecular weight is 242 g/mol. The van der Waals surface area contributed by atoms with Crippen molar-refractivity contribution in [3.63, 3.8) is 0 Å². The molecule has 3 atom stereocenters. The van der Waals surface area contributed by atoms with Crippen molar-refractivity contribution in [3.05, 3.63) is 0 Å². The third-order valence-corrected chi connectivity index (χ3v) is 4.13. The zero-order chi connectivity index (χ0) is 13.3. The number of hydrogen-bond donors (Lipinski definition) is 2. The maximum atomic E-state index is 6.16. The van der Waals surface area contributed by atoms with Crippen LogP contribution in [0.25, 0.3) is 0 Å². The van der Waals surface area contributed by atoms with E-state index in [0.717, 1.165) is 6.42 Å². The Morgan fingerprint density at radius 3 is 2.29 bits per heavy atom. The number of hydrogen-bond acceptors (Lipinski definition) is 3. The van der Waals surface area contributed by atoms with Gasteiger partial charge in [0.1, 0.15) is 0 Å². The molecule has 0 radical (unpaired) electrons. The Kier molecular flexibility index (Phi) is 4.61. The van der Waals surface area contributed by atoms with E-state index in [9.17, 15) is 0 Å². The molecule has 17 heavy (non-hydrogen) atoms. The molecule has 0 aromatic heterocycles.